The maximum Gasteiger partial charge on any atom is 0.0328 e. The van der Waals surface area contributed by atoms with Gasteiger partial charge >= 0.3 is 0 Å². The first-order valence-electron chi connectivity index (χ1n) is 6.52. The fourth-order valence-electron chi connectivity index (χ4n) is 2.99. The number of nitrogens with one attached hydrogen (secondary N) is 1. The molecule has 0 spiro atoms. The lowest BCUT2D eigenvalue weighted by Gasteiger charge is -2.24. The molecular weight excluding hydrogens is 274 g/mol. The highest BCUT2D eigenvalue weighted by atomic mass is 79.9. The molecule has 17 heavy (non-hydrogen) atoms. The molecule has 0 bridgehead atoms. The van der Waals surface area contributed by atoms with E-state index in [4.69, 9.17) is 0 Å². The molecule has 0 aromatic heterocycles. The predicted octanol–water partition coefficient (Wildman–Crippen LogP) is 4.13. The summed E-state index contributed by atoms with van der Waals surface area (Å²) in [6.07, 6.45) is 10.8. The monoisotopic (exact) mass is 291 g/mol. The Morgan fingerprint density at radius 2 is 2.12 bits per heavy atom. The van der Waals surface area contributed by atoms with E-state index < -0.39 is 0 Å². The highest BCUT2D eigenvalue weighted by molar-refractivity contribution is 9.10. The first-order valence-corrected chi connectivity index (χ1v) is 7.31. The maximum atomic E-state index is 3.83. The summed E-state index contributed by atoms with van der Waals surface area (Å²) in [7, 11) is 0. The molecule has 1 aromatic carbocycles. The lowest BCUT2D eigenvalue weighted by atomic mass is 9.99. The van der Waals surface area contributed by atoms with E-state index in [0.29, 0.717) is 12.1 Å². The van der Waals surface area contributed by atoms with Crippen molar-refractivity contribution >= 4 is 15.9 Å². The van der Waals surface area contributed by atoms with Crippen LogP contribution in [-0.4, -0.2) is 6.04 Å². The summed E-state index contributed by atoms with van der Waals surface area (Å²) in [5.41, 5.74) is 3.03. The summed E-state index contributed by atoms with van der Waals surface area (Å²) < 4.78 is 1.21. The SMILES string of the molecule is Brc1ccc2c(c1)CCC2NC1CC=CCC1. The molecule has 0 heterocycles. The molecule has 0 amide bonds. The highest BCUT2D eigenvalue weighted by Crippen LogP contribution is 2.33. The van der Waals surface area contributed by atoms with Gasteiger partial charge in [-0.05, 0) is 55.4 Å². The molecule has 1 N–H and O–H groups in total. The van der Waals surface area contributed by atoms with Gasteiger partial charge in [-0.2, -0.15) is 0 Å². The van der Waals surface area contributed by atoms with Crippen LogP contribution >= 0.6 is 15.9 Å². The molecule has 0 radical (unpaired) electrons. The number of benzene rings is 1. The Hall–Kier alpha value is -0.600. The second kappa shape index (κ2) is 4.95. The quantitative estimate of drug-likeness (QED) is 0.808. The third kappa shape index (κ3) is 2.48. The summed E-state index contributed by atoms with van der Waals surface area (Å²) in [4.78, 5) is 0. The van der Waals surface area contributed by atoms with Crippen molar-refractivity contribution in [1.82, 2.24) is 5.32 Å². The van der Waals surface area contributed by atoms with E-state index in [9.17, 15) is 0 Å². The minimum absolute atomic E-state index is 0.578. The van der Waals surface area contributed by atoms with Crippen LogP contribution in [0.15, 0.2) is 34.8 Å². The average Bonchev–Trinajstić information content (AvgIpc) is 2.73. The number of fused-ring (bicyclic) bond motifs is 1. The van der Waals surface area contributed by atoms with Gasteiger partial charge in [-0.15, -0.1) is 0 Å². The lowest BCUT2D eigenvalue weighted by Crippen LogP contribution is -2.32. The van der Waals surface area contributed by atoms with Gasteiger partial charge in [0.15, 0.2) is 0 Å². The fourth-order valence-corrected chi connectivity index (χ4v) is 3.40. The zero-order valence-corrected chi connectivity index (χ0v) is 11.5. The smallest absolute Gasteiger partial charge is 0.0328 e. The van der Waals surface area contributed by atoms with Gasteiger partial charge in [-0.1, -0.05) is 34.1 Å². The van der Waals surface area contributed by atoms with Crippen molar-refractivity contribution in [3.63, 3.8) is 0 Å². The Morgan fingerprint density at radius 1 is 1.18 bits per heavy atom. The molecule has 2 aliphatic carbocycles. The third-order valence-electron chi connectivity index (χ3n) is 3.89. The van der Waals surface area contributed by atoms with Gasteiger partial charge in [0.25, 0.3) is 0 Å². The molecule has 0 saturated heterocycles. The maximum absolute atomic E-state index is 3.83. The largest absolute Gasteiger partial charge is 0.307 e. The Bertz CT molecular complexity index is 439. The average molecular weight is 292 g/mol. The topological polar surface area (TPSA) is 12.0 Å². The van der Waals surface area contributed by atoms with Gasteiger partial charge < -0.3 is 5.32 Å². The molecule has 0 fully saturated rings. The van der Waals surface area contributed by atoms with Gasteiger partial charge in [-0.3, -0.25) is 0 Å². The Morgan fingerprint density at radius 3 is 2.94 bits per heavy atom. The van der Waals surface area contributed by atoms with E-state index in [0.717, 1.165) is 0 Å². The predicted molar refractivity (Wildman–Crippen MR) is 75.1 cm³/mol. The third-order valence-corrected chi connectivity index (χ3v) is 4.38. The van der Waals surface area contributed by atoms with E-state index in [2.05, 4.69) is 51.6 Å². The van der Waals surface area contributed by atoms with Crippen molar-refractivity contribution in [2.45, 2.75) is 44.2 Å². The standard InChI is InChI=1S/C15H18BrN/c16-12-7-8-14-11(10-12)6-9-15(14)17-13-4-2-1-3-5-13/h1-2,7-8,10,13,15,17H,3-6,9H2. The molecule has 2 unspecified atom stereocenters. The van der Waals surface area contributed by atoms with Crippen LogP contribution in [0.2, 0.25) is 0 Å². The van der Waals surface area contributed by atoms with Gasteiger partial charge in [-0.25, -0.2) is 0 Å². The number of hydrogen-bond donors (Lipinski definition) is 1. The van der Waals surface area contributed by atoms with E-state index in [1.807, 2.05) is 0 Å². The van der Waals surface area contributed by atoms with Crippen LogP contribution in [0.25, 0.3) is 0 Å². The van der Waals surface area contributed by atoms with E-state index >= 15 is 0 Å². The van der Waals surface area contributed by atoms with Crippen LogP contribution in [0.1, 0.15) is 42.9 Å². The normalized spacial score (nSPS) is 27.1. The minimum Gasteiger partial charge on any atom is -0.307 e. The molecule has 2 heteroatoms. The first-order chi connectivity index (χ1) is 8.33. The van der Waals surface area contributed by atoms with E-state index in [1.54, 1.807) is 0 Å². The van der Waals surface area contributed by atoms with Gasteiger partial charge in [0.1, 0.15) is 0 Å². The molecule has 0 aliphatic heterocycles. The summed E-state index contributed by atoms with van der Waals surface area (Å²) >= 11 is 3.55. The summed E-state index contributed by atoms with van der Waals surface area (Å²) in [6.45, 7) is 0. The summed E-state index contributed by atoms with van der Waals surface area (Å²) in [5.74, 6) is 0. The second-order valence-corrected chi connectivity index (χ2v) is 6.00. The van der Waals surface area contributed by atoms with Crippen molar-refractivity contribution in [1.29, 1.82) is 0 Å². The fraction of sp³-hybridized carbons (Fsp3) is 0.467. The summed E-state index contributed by atoms with van der Waals surface area (Å²) in [5, 5.41) is 3.83. The molecule has 2 aliphatic rings. The number of rotatable bonds is 2. The zero-order valence-electron chi connectivity index (χ0n) is 9.95. The van der Waals surface area contributed by atoms with Crippen molar-refractivity contribution in [2.75, 3.05) is 0 Å². The molecular formula is C15H18BrN. The number of hydrogen-bond acceptors (Lipinski definition) is 1. The van der Waals surface area contributed by atoms with Gasteiger partial charge in [0.05, 0.1) is 0 Å². The molecule has 3 rings (SSSR count). The first kappa shape index (κ1) is 11.5. The summed E-state index contributed by atoms with van der Waals surface area (Å²) in [6, 6.07) is 7.98. The van der Waals surface area contributed by atoms with E-state index in [-0.39, 0.29) is 0 Å². The number of allylic oxidation sites excluding steroid dienone is 1. The van der Waals surface area contributed by atoms with Crippen molar-refractivity contribution < 1.29 is 0 Å². The molecule has 1 aromatic rings. The molecule has 90 valence electrons. The highest BCUT2D eigenvalue weighted by Gasteiger charge is 2.24. The van der Waals surface area contributed by atoms with Crippen LogP contribution in [0.3, 0.4) is 0 Å². The Balaban J connectivity index is 1.73. The molecule has 1 nitrogen and oxygen atoms in total. The Labute approximate surface area is 111 Å². The minimum atomic E-state index is 0.578. The zero-order chi connectivity index (χ0) is 11.7. The van der Waals surface area contributed by atoms with Crippen LogP contribution in [0.4, 0.5) is 0 Å². The molecule has 0 saturated carbocycles. The van der Waals surface area contributed by atoms with Crippen molar-refractivity contribution in [3.8, 4) is 0 Å². The van der Waals surface area contributed by atoms with E-state index in [1.165, 1.54) is 47.7 Å². The van der Waals surface area contributed by atoms with Crippen molar-refractivity contribution in [3.05, 3.63) is 46.0 Å². The number of halogens is 1. The van der Waals surface area contributed by atoms with Crippen LogP contribution in [0, 0.1) is 0 Å². The van der Waals surface area contributed by atoms with Gasteiger partial charge in [0, 0.05) is 16.6 Å². The van der Waals surface area contributed by atoms with Crippen LogP contribution < -0.4 is 5.32 Å². The van der Waals surface area contributed by atoms with Crippen LogP contribution in [0.5, 0.6) is 0 Å². The number of aryl methyl sites for hydroxylation is 1. The van der Waals surface area contributed by atoms with Crippen molar-refractivity contribution in [2.24, 2.45) is 0 Å². The Kier molecular flexibility index (Phi) is 3.34. The van der Waals surface area contributed by atoms with Crippen LogP contribution in [-0.2, 0) is 6.42 Å². The second-order valence-electron chi connectivity index (χ2n) is 5.08. The van der Waals surface area contributed by atoms with Gasteiger partial charge in [0.2, 0.25) is 0 Å². The lowest BCUT2D eigenvalue weighted by molar-refractivity contribution is 0.408. The molecule has 2 atom stereocenters.